The van der Waals surface area contributed by atoms with Crippen LogP contribution in [0, 0.1) is 10.1 Å². The third-order valence-electron chi connectivity index (χ3n) is 4.23. The maximum absolute atomic E-state index is 12.2. The lowest BCUT2D eigenvalue weighted by atomic mass is 10.2. The van der Waals surface area contributed by atoms with E-state index in [-0.39, 0.29) is 17.9 Å². The van der Waals surface area contributed by atoms with Gasteiger partial charge in [0, 0.05) is 28.3 Å². The first kappa shape index (κ1) is 21.8. The van der Waals surface area contributed by atoms with Gasteiger partial charge < -0.3 is 9.47 Å². The molecule has 158 valence electrons. The topological polar surface area (TPSA) is 103 Å². The van der Waals surface area contributed by atoms with E-state index >= 15 is 0 Å². The fourth-order valence-corrected chi connectivity index (χ4v) is 2.84. The van der Waals surface area contributed by atoms with Gasteiger partial charge in [0.25, 0.3) is 11.6 Å². The molecule has 0 spiro atoms. The predicted molar refractivity (Wildman–Crippen MR) is 117 cm³/mol. The Balaban J connectivity index is 1.68. The number of non-ortho nitro benzene ring substituents is 1. The van der Waals surface area contributed by atoms with Gasteiger partial charge in [-0.25, -0.2) is 5.43 Å². The van der Waals surface area contributed by atoms with Crippen molar-refractivity contribution in [3.8, 4) is 11.5 Å². The maximum atomic E-state index is 12.2. The number of hydrazone groups is 1. The van der Waals surface area contributed by atoms with E-state index in [9.17, 15) is 14.9 Å². The van der Waals surface area contributed by atoms with Gasteiger partial charge in [0.05, 0.1) is 18.2 Å². The summed E-state index contributed by atoms with van der Waals surface area (Å²) < 4.78 is 11.2. The second-order valence-corrected chi connectivity index (χ2v) is 6.70. The van der Waals surface area contributed by atoms with Crippen LogP contribution in [0.2, 0.25) is 5.02 Å². The number of carbonyl (C=O) groups is 1. The summed E-state index contributed by atoms with van der Waals surface area (Å²) in [6, 6.07) is 17.9. The summed E-state index contributed by atoms with van der Waals surface area (Å²) in [4.78, 5) is 22.4. The molecule has 0 aromatic heterocycles. The van der Waals surface area contributed by atoms with Gasteiger partial charge in [-0.05, 0) is 35.9 Å². The van der Waals surface area contributed by atoms with Crippen molar-refractivity contribution in [3.63, 3.8) is 0 Å². The van der Waals surface area contributed by atoms with Crippen molar-refractivity contribution < 1.29 is 19.2 Å². The molecule has 31 heavy (non-hydrogen) atoms. The highest BCUT2D eigenvalue weighted by Crippen LogP contribution is 2.29. The molecule has 3 rings (SSSR count). The van der Waals surface area contributed by atoms with Crippen molar-refractivity contribution >= 4 is 29.4 Å². The summed E-state index contributed by atoms with van der Waals surface area (Å²) in [5.74, 6) is 0.449. The van der Waals surface area contributed by atoms with Crippen molar-refractivity contribution in [3.05, 3.63) is 98.6 Å². The minimum atomic E-state index is -0.568. The lowest BCUT2D eigenvalue weighted by Gasteiger charge is -2.12. The van der Waals surface area contributed by atoms with Crippen LogP contribution >= 0.6 is 11.6 Å². The summed E-state index contributed by atoms with van der Waals surface area (Å²) in [5, 5.41) is 15.3. The number of hydrogen-bond acceptors (Lipinski definition) is 6. The molecule has 0 radical (unpaired) electrons. The second-order valence-electron chi connectivity index (χ2n) is 6.30. The van der Waals surface area contributed by atoms with Gasteiger partial charge in [-0.1, -0.05) is 35.9 Å². The van der Waals surface area contributed by atoms with Crippen molar-refractivity contribution in [2.45, 2.75) is 6.61 Å². The highest BCUT2D eigenvalue weighted by atomic mass is 35.5. The van der Waals surface area contributed by atoms with E-state index in [1.807, 2.05) is 18.2 Å². The monoisotopic (exact) mass is 439 g/mol. The van der Waals surface area contributed by atoms with Crippen LogP contribution in [-0.4, -0.2) is 24.2 Å². The summed E-state index contributed by atoms with van der Waals surface area (Å²) in [7, 11) is 1.53. The molecule has 9 heteroatoms. The largest absolute Gasteiger partial charge is 0.493 e. The molecular weight excluding hydrogens is 422 g/mol. The lowest BCUT2D eigenvalue weighted by molar-refractivity contribution is -0.384. The Bertz CT molecular complexity index is 1130. The molecule has 3 aromatic rings. The van der Waals surface area contributed by atoms with Gasteiger partial charge >= 0.3 is 0 Å². The zero-order valence-electron chi connectivity index (χ0n) is 16.4. The number of benzene rings is 3. The van der Waals surface area contributed by atoms with E-state index < -0.39 is 10.8 Å². The molecule has 0 fully saturated rings. The molecule has 0 atom stereocenters. The average Bonchev–Trinajstić information content (AvgIpc) is 2.78. The second kappa shape index (κ2) is 10.2. The number of nitro groups is 1. The molecule has 0 aliphatic rings. The first-order valence-electron chi connectivity index (χ1n) is 9.10. The van der Waals surface area contributed by atoms with Crippen LogP contribution in [-0.2, 0) is 6.61 Å². The van der Waals surface area contributed by atoms with Crippen LogP contribution in [0.15, 0.2) is 71.8 Å². The number of nitrogens with zero attached hydrogens (tertiary/aromatic N) is 2. The number of hydrogen-bond donors (Lipinski definition) is 1. The first-order chi connectivity index (χ1) is 15.0. The average molecular weight is 440 g/mol. The van der Waals surface area contributed by atoms with E-state index in [2.05, 4.69) is 10.5 Å². The van der Waals surface area contributed by atoms with Crippen LogP contribution < -0.4 is 14.9 Å². The Morgan fingerprint density at radius 1 is 1.13 bits per heavy atom. The number of amides is 1. The molecule has 3 aromatic carbocycles. The van der Waals surface area contributed by atoms with Gasteiger partial charge in [0.15, 0.2) is 11.5 Å². The lowest BCUT2D eigenvalue weighted by Crippen LogP contribution is -2.17. The fraction of sp³-hybridized carbons (Fsp3) is 0.0909. The Morgan fingerprint density at radius 3 is 2.68 bits per heavy atom. The normalized spacial score (nSPS) is 10.6. The zero-order valence-corrected chi connectivity index (χ0v) is 17.2. The quantitative estimate of drug-likeness (QED) is 0.314. The first-order valence-corrected chi connectivity index (χ1v) is 9.48. The van der Waals surface area contributed by atoms with E-state index in [0.717, 1.165) is 5.56 Å². The van der Waals surface area contributed by atoms with Gasteiger partial charge in [0.2, 0.25) is 0 Å². The molecule has 0 bridgehead atoms. The SMILES string of the molecule is COc1ccc(/C=N\NC(=O)c2cccc([N+](=O)[O-])c2)cc1OCc1ccccc1Cl. The third kappa shape index (κ3) is 5.80. The van der Waals surface area contributed by atoms with Crippen molar-refractivity contribution in [2.75, 3.05) is 7.11 Å². The molecule has 1 N–H and O–H groups in total. The molecule has 0 aliphatic carbocycles. The smallest absolute Gasteiger partial charge is 0.271 e. The van der Waals surface area contributed by atoms with E-state index in [0.29, 0.717) is 22.1 Å². The standard InChI is InChI=1S/C22H18ClN3O5/c1-30-20-10-9-15(11-21(20)31-14-17-5-2-3-8-19(17)23)13-24-25-22(27)16-6-4-7-18(12-16)26(28)29/h2-13H,14H2,1H3,(H,25,27)/b24-13-. The minimum Gasteiger partial charge on any atom is -0.493 e. The Morgan fingerprint density at radius 2 is 1.94 bits per heavy atom. The predicted octanol–water partition coefficient (Wildman–Crippen LogP) is 4.60. The Kier molecular flexibility index (Phi) is 7.18. The maximum Gasteiger partial charge on any atom is 0.271 e. The number of rotatable bonds is 8. The van der Waals surface area contributed by atoms with Gasteiger partial charge in [-0.15, -0.1) is 0 Å². The van der Waals surface area contributed by atoms with Crippen LogP contribution in [0.3, 0.4) is 0 Å². The molecule has 0 saturated carbocycles. The zero-order chi connectivity index (χ0) is 22.2. The van der Waals surface area contributed by atoms with Gasteiger partial charge in [0.1, 0.15) is 6.61 Å². The summed E-state index contributed by atoms with van der Waals surface area (Å²) >= 11 is 6.16. The van der Waals surface area contributed by atoms with Gasteiger partial charge in [-0.3, -0.25) is 14.9 Å². The number of nitro benzene ring substituents is 1. The summed E-state index contributed by atoms with van der Waals surface area (Å²) in [6.07, 6.45) is 1.43. The number of halogens is 1. The number of methoxy groups -OCH3 is 1. The van der Waals surface area contributed by atoms with Crippen LogP contribution in [0.4, 0.5) is 5.69 Å². The highest BCUT2D eigenvalue weighted by Gasteiger charge is 2.11. The van der Waals surface area contributed by atoms with E-state index in [1.54, 1.807) is 24.3 Å². The number of ether oxygens (including phenoxy) is 2. The van der Waals surface area contributed by atoms with Crippen LogP contribution in [0.5, 0.6) is 11.5 Å². The summed E-state index contributed by atoms with van der Waals surface area (Å²) in [5.41, 5.74) is 3.78. The molecule has 0 aliphatic heterocycles. The Hall–Kier alpha value is -3.91. The summed E-state index contributed by atoms with van der Waals surface area (Å²) in [6.45, 7) is 0.250. The molecule has 0 saturated heterocycles. The molecular formula is C22H18ClN3O5. The minimum absolute atomic E-state index is 0.129. The van der Waals surface area contributed by atoms with Gasteiger partial charge in [-0.2, -0.15) is 5.10 Å². The van der Waals surface area contributed by atoms with E-state index in [1.165, 1.54) is 37.6 Å². The van der Waals surface area contributed by atoms with Crippen molar-refractivity contribution in [2.24, 2.45) is 5.10 Å². The number of nitrogens with one attached hydrogen (secondary N) is 1. The van der Waals surface area contributed by atoms with Crippen molar-refractivity contribution in [1.29, 1.82) is 0 Å². The van der Waals surface area contributed by atoms with Crippen molar-refractivity contribution in [1.82, 2.24) is 5.43 Å². The van der Waals surface area contributed by atoms with Crippen LogP contribution in [0.1, 0.15) is 21.5 Å². The van der Waals surface area contributed by atoms with Crippen LogP contribution in [0.25, 0.3) is 0 Å². The van der Waals surface area contributed by atoms with E-state index in [4.69, 9.17) is 21.1 Å². The fourth-order valence-electron chi connectivity index (χ4n) is 2.65. The third-order valence-corrected chi connectivity index (χ3v) is 4.60. The number of carbonyl (C=O) groups excluding carboxylic acids is 1. The molecule has 0 heterocycles. The molecule has 0 unspecified atom stereocenters. The Labute approximate surface area is 183 Å². The molecule has 1 amide bonds. The molecule has 8 nitrogen and oxygen atoms in total. The highest BCUT2D eigenvalue weighted by molar-refractivity contribution is 6.31.